The first kappa shape index (κ1) is 11.7. The van der Waals surface area contributed by atoms with Crippen molar-refractivity contribution in [3.63, 3.8) is 0 Å². The Bertz CT molecular complexity index is 348. The average molecular weight is 207 g/mol. The summed E-state index contributed by atoms with van der Waals surface area (Å²) in [5, 5.41) is 0. The van der Waals surface area contributed by atoms with E-state index in [1.165, 1.54) is 0 Å². The molecule has 1 heterocycles. The van der Waals surface area contributed by atoms with E-state index >= 15 is 0 Å². The molecule has 1 aromatic heterocycles. The first-order valence-corrected chi connectivity index (χ1v) is 5.50. The third-order valence-corrected chi connectivity index (χ3v) is 2.48. The highest BCUT2D eigenvalue weighted by Gasteiger charge is 2.09. The summed E-state index contributed by atoms with van der Waals surface area (Å²) in [4.78, 5) is 0. The van der Waals surface area contributed by atoms with Crippen molar-refractivity contribution in [2.45, 2.75) is 39.7 Å². The molecule has 15 heavy (non-hydrogen) atoms. The minimum absolute atomic E-state index is 0.373. The van der Waals surface area contributed by atoms with Crippen molar-refractivity contribution >= 4 is 11.5 Å². The first-order valence-electron chi connectivity index (χ1n) is 5.50. The van der Waals surface area contributed by atoms with Crippen molar-refractivity contribution in [2.75, 3.05) is 5.73 Å². The van der Waals surface area contributed by atoms with E-state index in [-0.39, 0.29) is 0 Å². The highest BCUT2D eigenvalue weighted by Crippen LogP contribution is 2.23. The van der Waals surface area contributed by atoms with E-state index in [0.29, 0.717) is 6.04 Å². The van der Waals surface area contributed by atoms with Gasteiger partial charge in [-0.2, -0.15) is 0 Å². The lowest BCUT2D eigenvalue weighted by atomic mass is 10.2. The molecule has 1 aromatic rings. The predicted molar refractivity (Wildman–Crippen MR) is 66.3 cm³/mol. The molecule has 0 spiro atoms. The quantitative estimate of drug-likeness (QED) is 0.797. The monoisotopic (exact) mass is 207 g/mol. The second-order valence-electron chi connectivity index (χ2n) is 4.06. The molecular weight excluding hydrogens is 186 g/mol. The lowest BCUT2D eigenvalue weighted by Gasteiger charge is -2.10. The molecule has 4 N–H and O–H groups in total. The zero-order valence-corrected chi connectivity index (χ0v) is 9.83. The number of unbranched alkanes of at least 4 members (excludes halogenated alkanes) is 1. The number of nitrogen functional groups attached to an aromatic ring is 1. The SMILES string of the molecule is CCC/C=C(/N)c1ccn(C(C)C)c1N. The Balaban J connectivity index is 2.96. The van der Waals surface area contributed by atoms with Crippen LogP contribution in [0, 0.1) is 0 Å². The molecule has 0 aliphatic carbocycles. The molecule has 0 amide bonds. The van der Waals surface area contributed by atoms with Gasteiger partial charge in [-0.25, -0.2) is 0 Å². The Labute approximate surface area is 91.8 Å². The molecule has 3 heteroatoms. The van der Waals surface area contributed by atoms with Gasteiger partial charge in [0.1, 0.15) is 5.82 Å². The maximum Gasteiger partial charge on any atom is 0.112 e. The van der Waals surface area contributed by atoms with Crippen LogP contribution in [0.25, 0.3) is 5.70 Å². The van der Waals surface area contributed by atoms with Gasteiger partial charge in [0.2, 0.25) is 0 Å². The van der Waals surface area contributed by atoms with Gasteiger partial charge in [-0.15, -0.1) is 0 Å². The fraction of sp³-hybridized carbons (Fsp3) is 0.500. The minimum Gasteiger partial charge on any atom is -0.398 e. The number of allylic oxidation sites excluding steroid dienone is 1. The van der Waals surface area contributed by atoms with Crippen molar-refractivity contribution in [1.29, 1.82) is 0 Å². The maximum absolute atomic E-state index is 6.02. The molecule has 0 radical (unpaired) electrons. The fourth-order valence-corrected chi connectivity index (χ4v) is 1.56. The molecule has 0 aliphatic rings. The molecule has 1 rings (SSSR count). The Hall–Kier alpha value is -1.38. The highest BCUT2D eigenvalue weighted by atomic mass is 15.1. The zero-order chi connectivity index (χ0) is 11.4. The number of aromatic nitrogens is 1. The summed E-state index contributed by atoms with van der Waals surface area (Å²) in [7, 11) is 0. The van der Waals surface area contributed by atoms with Gasteiger partial charge in [0.25, 0.3) is 0 Å². The second kappa shape index (κ2) is 4.91. The third kappa shape index (κ3) is 2.55. The van der Waals surface area contributed by atoms with Crippen LogP contribution in [0.2, 0.25) is 0 Å². The first-order chi connectivity index (χ1) is 7.07. The van der Waals surface area contributed by atoms with Gasteiger partial charge in [-0.3, -0.25) is 0 Å². The Morgan fingerprint density at radius 1 is 1.53 bits per heavy atom. The van der Waals surface area contributed by atoms with Crippen molar-refractivity contribution < 1.29 is 0 Å². The van der Waals surface area contributed by atoms with E-state index in [0.717, 1.165) is 29.9 Å². The van der Waals surface area contributed by atoms with Gasteiger partial charge < -0.3 is 16.0 Å². The number of nitrogens with two attached hydrogens (primary N) is 2. The normalized spacial score (nSPS) is 12.4. The molecule has 3 nitrogen and oxygen atoms in total. The van der Waals surface area contributed by atoms with Crippen molar-refractivity contribution in [3.8, 4) is 0 Å². The molecule has 0 saturated carbocycles. The third-order valence-electron chi connectivity index (χ3n) is 2.48. The number of hydrogen-bond donors (Lipinski definition) is 2. The van der Waals surface area contributed by atoms with Crippen LogP contribution in [0.4, 0.5) is 5.82 Å². The summed E-state index contributed by atoms with van der Waals surface area (Å²) in [5.74, 6) is 0.759. The molecule has 84 valence electrons. The highest BCUT2D eigenvalue weighted by molar-refractivity contribution is 5.71. The lowest BCUT2D eigenvalue weighted by molar-refractivity contribution is 0.611. The van der Waals surface area contributed by atoms with Gasteiger partial charge in [-0.1, -0.05) is 19.4 Å². The summed E-state index contributed by atoms with van der Waals surface area (Å²) < 4.78 is 2.03. The van der Waals surface area contributed by atoms with E-state index in [4.69, 9.17) is 11.5 Å². The van der Waals surface area contributed by atoms with E-state index in [2.05, 4.69) is 20.8 Å². The average Bonchev–Trinajstić information content (AvgIpc) is 2.56. The topological polar surface area (TPSA) is 57.0 Å². The van der Waals surface area contributed by atoms with Crippen LogP contribution >= 0.6 is 0 Å². The van der Waals surface area contributed by atoms with Crippen LogP contribution < -0.4 is 11.5 Å². The molecule has 0 fully saturated rings. The van der Waals surface area contributed by atoms with Crippen LogP contribution in [0.5, 0.6) is 0 Å². The molecule has 0 atom stereocenters. The van der Waals surface area contributed by atoms with Gasteiger partial charge >= 0.3 is 0 Å². The van der Waals surface area contributed by atoms with E-state index in [1.54, 1.807) is 0 Å². The summed E-state index contributed by atoms with van der Waals surface area (Å²) in [6.07, 6.45) is 6.13. The molecule has 0 bridgehead atoms. The van der Waals surface area contributed by atoms with Crippen LogP contribution in [0.3, 0.4) is 0 Å². The van der Waals surface area contributed by atoms with Gasteiger partial charge in [0.15, 0.2) is 0 Å². The van der Waals surface area contributed by atoms with E-state index in [1.807, 2.05) is 22.9 Å². The summed E-state index contributed by atoms with van der Waals surface area (Å²) in [6, 6.07) is 2.36. The Morgan fingerprint density at radius 2 is 2.20 bits per heavy atom. The molecule has 0 aromatic carbocycles. The number of nitrogens with zero attached hydrogens (tertiary/aromatic N) is 1. The minimum atomic E-state index is 0.373. The van der Waals surface area contributed by atoms with Gasteiger partial charge in [-0.05, 0) is 26.3 Å². The predicted octanol–water partition coefficient (Wildman–Crippen LogP) is 2.75. The maximum atomic E-state index is 6.02. The van der Waals surface area contributed by atoms with Gasteiger partial charge in [0.05, 0.1) is 0 Å². The largest absolute Gasteiger partial charge is 0.398 e. The smallest absolute Gasteiger partial charge is 0.112 e. The molecule has 0 aliphatic heterocycles. The number of hydrogen-bond acceptors (Lipinski definition) is 2. The number of anilines is 1. The second-order valence-corrected chi connectivity index (χ2v) is 4.06. The fourth-order valence-electron chi connectivity index (χ4n) is 1.56. The lowest BCUT2D eigenvalue weighted by Crippen LogP contribution is -2.06. The van der Waals surface area contributed by atoms with Crippen LogP contribution in [0.1, 0.15) is 45.2 Å². The van der Waals surface area contributed by atoms with Crippen molar-refractivity contribution in [1.82, 2.24) is 4.57 Å². The van der Waals surface area contributed by atoms with Crippen molar-refractivity contribution in [3.05, 3.63) is 23.9 Å². The number of rotatable bonds is 4. The molecule has 0 unspecified atom stereocenters. The van der Waals surface area contributed by atoms with Gasteiger partial charge in [0, 0.05) is 23.5 Å². The Kier molecular flexibility index (Phi) is 3.83. The molecule has 0 saturated heterocycles. The zero-order valence-electron chi connectivity index (χ0n) is 9.83. The van der Waals surface area contributed by atoms with Crippen molar-refractivity contribution in [2.24, 2.45) is 5.73 Å². The summed E-state index contributed by atoms with van der Waals surface area (Å²) >= 11 is 0. The van der Waals surface area contributed by atoms with E-state index < -0.39 is 0 Å². The van der Waals surface area contributed by atoms with Crippen LogP contribution in [0.15, 0.2) is 18.3 Å². The summed E-state index contributed by atoms with van der Waals surface area (Å²) in [5.41, 5.74) is 13.7. The standard InChI is InChI=1S/C12H21N3/c1-4-5-6-11(13)10-7-8-15(9(2)3)12(10)14/h6-9H,4-5,13-14H2,1-3H3/b11-6+. The summed E-state index contributed by atoms with van der Waals surface area (Å²) in [6.45, 7) is 6.34. The molecular formula is C12H21N3. The Morgan fingerprint density at radius 3 is 2.67 bits per heavy atom. The van der Waals surface area contributed by atoms with Crippen LogP contribution in [-0.4, -0.2) is 4.57 Å². The van der Waals surface area contributed by atoms with Crippen LogP contribution in [-0.2, 0) is 0 Å². The van der Waals surface area contributed by atoms with E-state index in [9.17, 15) is 0 Å².